The number of anilines is 1. The van der Waals surface area contributed by atoms with Gasteiger partial charge in [0.25, 0.3) is 5.91 Å². The van der Waals surface area contributed by atoms with Gasteiger partial charge in [0.15, 0.2) is 4.32 Å². The zero-order chi connectivity index (χ0) is 23.8. The van der Waals surface area contributed by atoms with Crippen LogP contribution in [0.5, 0.6) is 0 Å². The monoisotopic (exact) mass is 553 g/mol. The van der Waals surface area contributed by atoms with Gasteiger partial charge in [-0.25, -0.2) is 0 Å². The quantitative estimate of drug-likeness (QED) is 0.284. The lowest BCUT2D eigenvalue weighted by atomic mass is 10.0. The first kappa shape index (κ1) is 23.3. The molecule has 174 valence electrons. The summed E-state index contributed by atoms with van der Waals surface area (Å²) in [5.74, 6) is 0.00397. The van der Waals surface area contributed by atoms with E-state index >= 15 is 0 Å². The van der Waals surface area contributed by atoms with E-state index in [0.29, 0.717) is 9.23 Å². The summed E-state index contributed by atoms with van der Waals surface area (Å²) in [5.41, 5.74) is 2.62. The van der Waals surface area contributed by atoms with Crippen LogP contribution in [0.15, 0.2) is 64.1 Å². The van der Waals surface area contributed by atoms with E-state index in [1.165, 1.54) is 18.2 Å². The molecule has 3 aromatic rings. The Morgan fingerprint density at radius 3 is 2.76 bits per heavy atom. The van der Waals surface area contributed by atoms with Crippen LogP contribution in [-0.2, 0) is 16.1 Å². The van der Waals surface area contributed by atoms with Crippen molar-refractivity contribution in [3.8, 4) is 0 Å². The molecular weight excluding hydrogens is 530 g/mol. The average Bonchev–Trinajstić information content (AvgIpc) is 3.30. The molecule has 0 aliphatic carbocycles. The summed E-state index contributed by atoms with van der Waals surface area (Å²) >= 11 is 10.4. The minimum absolute atomic E-state index is 0.129. The lowest BCUT2D eigenvalue weighted by Gasteiger charge is -2.33. The summed E-state index contributed by atoms with van der Waals surface area (Å²) in [6.07, 6.45) is 7.15. The molecule has 0 saturated carbocycles. The van der Waals surface area contributed by atoms with E-state index in [2.05, 4.69) is 22.9 Å². The van der Waals surface area contributed by atoms with Gasteiger partial charge in [-0.15, -0.1) is 0 Å². The fourth-order valence-electron chi connectivity index (χ4n) is 4.66. The lowest BCUT2D eigenvalue weighted by Crippen LogP contribution is -2.43. The van der Waals surface area contributed by atoms with Gasteiger partial charge < -0.3 is 9.47 Å². The molecule has 2 saturated heterocycles. The second kappa shape index (κ2) is 9.68. The highest BCUT2D eigenvalue weighted by Gasteiger charge is 2.33. The van der Waals surface area contributed by atoms with Crippen LogP contribution in [0.25, 0.3) is 17.0 Å². The average molecular weight is 555 g/mol. The molecule has 34 heavy (non-hydrogen) atoms. The molecule has 0 radical (unpaired) electrons. The number of carbonyl (C=O) groups is 2. The van der Waals surface area contributed by atoms with E-state index in [4.69, 9.17) is 12.2 Å². The predicted octanol–water partition coefficient (Wildman–Crippen LogP) is 6.21. The lowest BCUT2D eigenvalue weighted by molar-refractivity contribution is -0.135. The highest BCUT2D eigenvalue weighted by Crippen LogP contribution is 2.37. The fourth-order valence-corrected chi connectivity index (χ4v) is 6.31. The molecule has 0 bridgehead atoms. The van der Waals surface area contributed by atoms with Crippen LogP contribution < -0.4 is 4.90 Å². The van der Waals surface area contributed by atoms with E-state index < -0.39 is 0 Å². The number of carbonyl (C=O) groups excluding carboxylic acids is 2. The Morgan fingerprint density at radius 1 is 1.21 bits per heavy atom. The van der Waals surface area contributed by atoms with Gasteiger partial charge in [0.05, 0.1) is 10.6 Å². The maximum atomic E-state index is 13.2. The summed E-state index contributed by atoms with van der Waals surface area (Å²) < 4.78 is 3.46. The van der Waals surface area contributed by atoms with E-state index in [1.54, 1.807) is 4.90 Å². The Bertz CT molecular complexity index is 1320. The second-order valence-electron chi connectivity index (χ2n) is 8.66. The number of thiocarbonyl (C=S) groups is 1. The normalized spacial score (nSPS) is 20.1. The van der Waals surface area contributed by atoms with Crippen LogP contribution in [0.3, 0.4) is 0 Å². The number of aromatic nitrogens is 1. The SMILES string of the molecule is C[C@H]1CCCCN1C(=O)Cn1cc(/C=C2\SC(=S)N(c3ccccc3)C2=O)c2cc(Br)ccc21. The number of halogens is 1. The van der Waals surface area contributed by atoms with Crippen molar-refractivity contribution in [3.63, 3.8) is 0 Å². The Hall–Kier alpha value is -2.42. The first-order chi connectivity index (χ1) is 16.4. The summed E-state index contributed by atoms with van der Waals surface area (Å²) in [4.78, 5) is 30.5. The van der Waals surface area contributed by atoms with Crippen LogP contribution in [0.1, 0.15) is 31.7 Å². The third kappa shape index (κ3) is 4.46. The molecule has 2 aliphatic heterocycles. The highest BCUT2D eigenvalue weighted by molar-refractivity contribution is 9.10. The van der Waals surface area contributed by atoms with E-state index in [0.717, 1.165) is 46.0 Å². The summed E-state index contributed by atoms with van der Waals surface area (Å²) in [5, 5.41) is 0.985. The Kier molecular flexibility index (Phi) is 6.64. The van der Waals surface area contributed by atoms with E-state index in [9.17, 15) is 9.59 Å². The zero-order valence-corrected chi connectivity index (χ0v) is 22.0. The molecule has 5 nitrogen and oxygen atoms in total. The van der Waals surface area contributed by atoms with Crippen molar-refractivity contribution in [1.29, 1.82) is 0 Å². The number of para-hydroxylation sites is 1. The molecular formula is C26H24BrN3O2S2. The van der Waals surface area contributed by atoms with Gasteiger partial charge in [-0.2, -0.15) is 0 Å². The Labute approximate surface area is 216 Å². The van der Waals surface area contributed by atoms with Crippen molar-refractivity contribution in [3.05, 3.63) is 69.7 Å². The number of thioether (sulfide) groups is 1. The number of fused-ring (bicyclic) bond motifs is 1. The number of piperidine rings is 1. The molecule has 2 aromatic carbocycles. The molecule has 3 heterocycles. The minimum Gasteiger partial charge on any atom is -0.338 e. The molecule has 1 aromatic heterocycles. The molecule has 5 rings (SSSR count). The largest absolute Gasteiger partial charge is 0.338 e. The molecule has 2 fully saturated rings. The van der Waals surface area contributed by atoms with Gasteiger partial charge in [-0.3, -0.25) is 14.5 Å². The molecule has 0 N–H and O–H groups in total. The number of benzene rings is 2. The van der Waals surface area contributed by atoms with Crippen molar-refractivity contribution >= 4 is 78.7 Å². The van der Waals surface area contributed by atoms with Gasteiger partial charge in [0.2, 0.25) is 5.91 Å². The van der Waals surface area contributed by atoms with Crippen LogP contribution >= 0.6 is 39.9 Å². The van der Waals surface area contributed by atoms with Crippen molar-refractivity contribution < 1.29 is 9.59 Å². The van der Waals surface area contributed by atoms with Gasteiger partial charge >= 0.3 is 0 Å². The number of rotatable bonds is 4. The Morgan fingerprint density at radius 2 is 2.00 bits per heavy atom. The minimum atomic E-state index is -0.129. The zero-order valence-electron chi connectivity index (χ0n) is 18.7. The smallest absolute Gasteiger partial charge is 0.270 e. The van der Waals surface area contributed by atoms with Crippen molar-refractivity contribution in [2.75, 3.05) is 11.4 Å². The molecule has 2 aliphatic rings. The van der Waals surface area contributed by atoms with Gasteiger partial charge in [0.1, 0.15) is 6.54 Å². The van der Waals surface area contributed by atoms with Crippen LogP contribution in [0.4, 0.5) is 5.69 Å². The van der Waals surface area contributed by atoms with Gasteiger partial charge in [-0.1, -0.05) is 58.1 Å². The number of nitrogens with zero attached hydrogens (tertiary/aromatic N) is 3. The molecule has 0 spiro atoms. The molecule has 1 atom stereocenters. The second-order valence-corrected chi connectivity index (χ2v) is 11.2. The Balaban J connectivity index is 1.49. The summed E-state index contributed by atoms with van der Waals surface area (Å²) in [6, 6.07) is 15.7. The van der Waals surface area contributed by atoms with E-state index in [-0.39, 0.29) is 24.4 Å². The van der Waals surface area contributed by atoms with Crippen molar-refractivity contribution in [2.45, 2.75) is 38.8 Å². The summed E-state index contributed by atoms with van der Waals surface area (Å²) in [7, 11) is 0. The van der Waals surface area contributed by atoms with Crippen LogP contribution in [-0.4, -0.2) is 38.2 Å². The van der Waals surface area contributed by atoms with Crippen molar-refractivity contribution in [1.82, 2.24) is 9.47 Å². The van der Waals surface area contributed by atoms with Gasteiger partial charge in [-0.05, 0) is 62.6 Å². The number of likely N-dealkylation sites (tertiary alicyclic amines) is 1. The summed E-state index contributed by atoms with van der Waals surface area (Å²) in [6.45, 7) is 3.23. The van der Waals surface area contributed by atoms with Gasteiger partial charge in [0, 0.05) is 39.7 Å². The maximum absolute atomic E-state index is 13.2. The third-order valence-corrected chi connectivity index (χ3v) is 8.19. The standard InChI is InChI=1S/C26H24BrN3O2S2/c1-17-7-5-6-12-29(17)24(31)16-28-15-18(21-14-19(27)10-11-22(21)28)13-23-25(32)30(26(33)34-23)20-8-3-2-4-9-20/h2-4,8-11,13-15,17H,5-7,12,16H2,1H3/b23-13-/t17-/m0/s1. The molecule has 2 amide bonds. The predicted molar refractivity (Wildman–Crippen MR) is 147 cm³/mol. The number of amides is 2. The molecule has 0 unspecified atom stereocenters. The highest BCUT2D eigenvalue weighted by atomic mass is 79.9. The van der Waals surface area contributed by atoms with Crippen LogP contribution in [0.2, 0.25) is 0 Å². The number of hydrogen-bond acceptors (Lipinski definition) is 4. The third-order valence-electron chi connectivity index (χ3n) is 6.40. The fraction of sp³-hybridized carbons (Fsp3) is 0.269. The maximum Gasteiger partial charge on any atom is 0.270 e. The van der Waals surface area contributed by atoms with Crippen LogP contribution in [0, 0.1) is 0 Å². The molecule has 8 heteroatoms. The van der Waals surface area contributed by atoms with Crippen molar-refractivity contribution in [2.24, 2.45) is 0 Å². The number of hydrogen-bond donors (Lipinski definition) is 0. The first-order valence-electron chi connectivity index (χ1n) is 11.3. The topological polar surface area (TPSA) is 45.6 Å². The first-order valence-corrected chi connectivity index (χ1v) is 13.3. The van der Waals surface area contributed by atoms with E-state index in [1.807, 2.05) is 70.3 Å².